The summed E-state index contributed by atoms with van der Waals surface area (Å²) >= 11 is 0. The van der Waals surface area contributed by atoms with E-state index < -0.39 is 0 Å². The number of phenolic OH excluding ortho intramolecular Hbond substituents is 2. The average molecular weight is 250 g/mol. The van der Waals surface area contributed by atoms with Gasteiger partial charge in [0.05, 0.1) is 0 Å². The second-order valence-corrected chi connectivity index (χ2v) is 4.81. The average Bonchev–Trinajstić information content (AvgIpc) is 2.27. The number of piperidine rings is 1. The molecule has 1 heterocycles. The Labute approximate surface area is 106 Å². The van der Waals surface area contributed by atoms with Gasteiger partial charge in [0, 0.05) is 24.2 Å². The number of hydrogen-bond acceptors (Lipinski definition) is 4. The van der Waals surface area contributed by atoms with Gasteiger partial charge in [0.25, 0.3) is 5.91 Å². The fourth-order valence-electron chi connectivity index (χ4n) is 2.28. The van der Waals surface area contributed by atoms with Crippen LogP contribution in [-0.4, -0.2) is 47.2 Å². The molecular formula is C13H18N2O3. The summed E-state index contributed by atoms with van der Waals surface area (Å²) in [6, 6.07) is 4.02. The van der Waals surface area contributed by atoms with Crippen molar-refractivity contribution in [2.24, 2.45) is 0 Å². The molecule has 1 aliphatic rings. The van der Waals surface area contributed by atoms with Gasteiger partial charge in [-0.15, -0.1) is 0 Å². The highest BCUT2D eigenvalue weighted by Gasteiger charge is 2.19. The third-order valence-electron chi connectivity index (χ3n) is 3.12. The van der Waals surface area contributed by atoms with Crippen molar-refractivity contribution in [1.82, 2.24) is 10.2 Å². The van der Waals surface area contributed by atoms with Gasteiger partial charge >= 0.3 is 0 Å². The Balaban J connectivity index is 2.02. The highest BCUT2D eigenvalue weighted by Crippen LogP contribution is 2.20. The van der Waals surface area contributed by atoms with Crippen molar-refractivity contribution in [3.63, 3.8) is 0 Å². The van der Waals surface area contributed by atoms with Gasteiger partial charge < -0.3 is 20.4 Å². The molecule has 0 aromatic heterocycles. The van der Waals surface area contributed by atoms with Gasteiger partial charge in [-0.3, -0.25) is 4.79 Å². The van der Waals surface area contributed by atoms with Crippen LogP contribution in [0.3, 0.4) is 0 Å². The predicted octanol–water partition coefficient (Wildman–Crippen LogP) is 0.922. The molecule has 1 atom stereocenters. The molecule has 3 N–H and O–H groups in total. The van der Waals surface area contributed by atoms with E-state index in [2.05, 4.69) is 10.2 Å². The third kappa shape index (κ3) is 3.13. The molecule has 0 saturated carbocycles. The molecule has 98 valence electrons. The van der Waals surface area contributed by atoms with E-state index in [0.717, 1.165) is 25.9 Å². The zero-order valence-corrected chi connectivity index (χ0v) is 10.4. The Morgan fingerprint density at radius 1 is 1.33 bits per heavy atom. The smallest absolute Gasteiger partial charge is 0.251 e. The summed E-state index contributed by atoms with van der Waals surface area (Å²) in [5.74, 6) is -0.483. The van der Waals surface area contributed by atoms with Crippen LogP contribution in [0.4, 0.5) is 0 Å². The molecule has 1 unspecified atom stereocenters. The number of carbonyl (C=O) groups is 1. The lowest BCUT2D eigenvalue weighted by Gasteiger charge is -2.30. The summed E-state index contributed by atoms with van der Waals surface area (Å²) < 4.78 is 0. The van der Waals surface area contributed by atoms with Crippen LogP contribution < -0.4 is 5.32 Å². The lowest BCUT2D eigenvalue weighted by Crippen LogP contribution is -2.46. The molecule has 5 heteroatoms. The Bertz CT molecular complexity index is 428. The summed E-state index contributed by atoms with van der Waals surface area (Å²) in [4.78, 5) is 14.1. The number of hydrogen-bond donors (Lipinski definition) is 3. The zero-order chi connectivity index (χ0) is 13.1. The number of nitrogens with one attached hydrogen (secondary N) is 1. The van der Waals surface area contributed by atoms with Gasteiger partial charge in [-0.2, -0.15) is 0 Å². The molecule has 0 radical (unpaired) electrons. The normalized spacial score (nSPS) is 20.6. The van der Waals surface area contributed by atoms with Crippen LogP contribution in [0.5, 0.6) is 11.5 Å². The third-order valence-corrected chi connectivity index (χ3v) is 3.12. The molecule has 5 nitrogen and oxygen atoms in total. The molecule has 1 aromatic rings. The SMILES string of the molecule is CN1CCCC(NC(=O)c2cc(O)cc(O)c2)C1. The van der Waals surface area contributed by atoms with Crippen LogP contribution in [0.25, 0.3) is 0 Å². The van der Waals surface area contributed by atoms with E-state index >= 15 is 0 Å². The van der Waals surface area contributed by atoms with E-state index in [4.69, 9.17) is 0 Å². The van der Waals surface area contributed by atoms with E-state index in [-0.39, 0.29) is 29.0 Å². The van der Waals surface area contributed by atoms with E-state index in [1.54, 1.807) is 0 Å². The standard InChI is InChI=1S/C13H18N2O3/c1-15-4-2-3-10(8-15)14-13(18)9-5-11(16)7-12(17)6-9/h5-7,10,16-17H,2-4,8H2,1H3,(H,14,18). The van der Waals surface area contributed by atoms with Gasteiger partial charge in [0.15, 0.2) is 0 Å². The summed E-state index contributed by atoms with van der Waals surface area (Å²) in [6.07, 6.45) is 2.02. The summed E-state index contributed by atoms with van der Waals surface area (Å²) in [6.45, 7) is 1.88. The van der Waals surface area contributed by atoms with Crippen molar-refractivity contribution in [2.45, 2.75) is 18.9 Å². The van der Waals surface area contributed by atoms with E-state index in [0.29, 0.717) is 0 Å². The number of rotatable bonds is 2. The Hall–Kier alpha value is -1.75. The zero-order valence-electron chi connectivity index (χ0n) is 10.4. The molecule has 0 spiro atoms. The van der Waals surface area contributed by atoms with E-state index in [1.807, 2.05) is 7.05 Å². The highest BCUT2D eigenvalue weighted by atomic mass is 16.3. The maximum atomic E-state index is 12.0. The first kappa shape index (κ1) is 12.7. The van der Waals surface area contributed by atoms with Gasteiger partial charge in [-0.1, -0.05) is 0 Å². The van der Waals surface area contributed by atoms with Crippen molar-refractivity contribution in [2.75, 3.05) is 20.1 Å². The molecule has 0 bridgehead atoms. The summed E-state index contributed by atoms with van der Waals surface area (Å²) in [7, 11) is 2.03. The van der Waals surface area contributed by atoms with Crippen LogP contribution in [0.15, 0.2) is 18.2 Å². The molecule has 1 aromatic carbocycles. The van der Waals surface area contributed by atoms with Gasteiger partial charge in [-0.05, 0) is 38.6 Å². The van der Waals surface area contributed by atoms with Crippen LogP contribution in [-0.2, 0) is 0 Å². The van der Waals surface area contributed by atoms with Crippen molar-refractivity contribution in [1.29, 1.82) is 0 Å². The maximum Gasteiger partial charge on any atom is 0.251 e. The molecule has 0 aliphatic carbocycles. The van der Waals surface area contributed by atoms with Crippen LogP contribution in [0.2, 0.25) is 0 Å². The van der Waals surface area contributed by atoms with Crippen LogP contribution >= 0.6 is 0 Å². The summed E-state index contributed by atoms with van der Waals surface area (Å²) in [5.41, 5.74) is 0.278. The lowest BCUT2D eigenvalue weighted by atomic mass is 10.1. The quantitative estimate of drug-likeness (QED) is 0.730. The second kappa shape index (κ2) is 5.27. The fraction of sp³-hybridized carbons (Fsp3) is 0.462. The molecular weight excluding hydrogens is 232 g/mol. The molecule has 1 amide bonds. The monoisotopic (exact) mass is 250 g/mol. The minimum atomic E-state index is -0.262. The number of carbonyl (C=O) groups excluding carboxylic acids is 1. The fourth-order valence-corrected chi connectivity index (χ4v) is 2.28. The Morgan fingerprint density at radius 3 is 2.61 bits per heavy atom. The highest BCUT2D eigenvalue weighted by molar-refractivity contribution is 5.95. The first-order valence-electron chi connectivity index (χ1n) is 6.07. The number of likely N-dealkylation sites (N-methyl/N-ethyl adjacent to an activating group) is 1. The minimum Gasteiger partial charge on any atom is -0.508 e. The predicted molar refractivity (Wildman–Crippen MR) is 67.8 cm³/mol. The molecule has 18 heavy (non-hydrogen) atoms. The maximum absolute atomic E-state index is 12.0. The summed E-state index contributed by atoms with van der Waals surface area (Å²) in [5, 5.41) is 21.6. The number of phenols is 2. The van der Waals surface area contributed by atoms with Crippen LogP contribution in [0, 0.1) is 0 Å². The van der Waals surface area contributed by atoms with Crippen molar-refractivity contribution < 1.29 is 15.0 Å². The Kier molecular flexibility index (Phi) is 3.72. The lowest BCUT2D eigenvalue weighted by molar-refractivity contribution is 0.0911. The number of benzene rings is 1. The largest absolute Gasteiger partial charge is 0.508 e. The van der Waals surface area contributed by atoms with Crippen molar-refractivity contribution in [3.05, 3.63) is 23.8 Å². The number of aromatic hydroxyl groups is 2. The molecule has 1 fully saturated rings. The van der Waals surface area contributed by atoms with E-state index in [1.165, 1.54) is 18.2 Å². The van der Waals surface area contributed by atoms with Gasteiger partial charge in [-0.25, -0.2) is 0 Å². The minimum absolute atomic E-state index is 0.110. The van der Waals surface area contributed by atoms with Crippen LogP contribution in [0.1, 0.15) is 23.2 Å². The molecule has 1 saturated heterocycles. The number of amides is 1. The number of nitrogens with zero attached hydrogens (tertiary/aromatic N) is 1. The Morgan fingerprint density at radius 2 is 2.00 bits per heavy atom. The van der Waals surface area contributed by atoms with E-state index in [9.17, 15) is 15.0 Å². The van der Waals surface area contributed by atoms with Crippen molar-refractivity contribution in [3.8, 4) is 11.5 Å². The van der Waals surface area contributed by atoms with Gasteiger partial charge in [0.2, 0.25) is 0 Å². The first-order chi connectivity index (χ1) is 8.54. The first-order valence-corrected chi connectivity index (χ1v) is 6.07. The molecule has 2 rings (SSSR count). The molecule has 1 aliphatic heterocycles. The van der Waals surface area contributed by atoms with Gasteiger partial charge in [0.1, 0.15) is 11.5 Å². The second-order valence-electron chi connectivity index (χ2n) is 4.81. The topological polar surface area (TPSA) is 72.8 Å². The van der Waals surface area contributed by atoms with Crippen molar-refractivity contribution >= 4 is 5.91 Å². The number of likely N-dealkylation sites (tertiary alicyclic amines) is 1.